The van der Waals surface area contributed by atoms with Crippen molar-refractivity contribution in [1.82, 2.24) is 9.80 Å². The van der Waals surface area contributed by atoms with E-state index in [1.165, 1.54) is 0 Å². The Morgan fingerprint density at radius 2 is 1.82 bits per heavy atom. The Hall–Kier alpha value is -1.10. The number of benzene rings is 1. The molecule has 94 valence electrons. The van der Waals surface area contributed by atoms with Gasteiger partial charge in [-0.05, 0) is 19.2 Å². The van der Waals surface area contributed by atoms with Gasteiger partial charge in [0.05, 0.1) is 0 Å². The van der Waals surface area contributed by atoms with E-state index in [4.69, 9.17) is 4.74 Å². The van der Waals surface area contributed by atoms with Crippen LogP contribution in [0.25, 0.3) is 0 Å². The van der Waals surface area contributed by atoms with E-state index in [2.05, 4.69) is 16.8 Å². The van der Waals surface area contributed by atoms with Crippen molar-refractivity contribution in [2.24, 2.45) is 0 Å². The molecule has 1 atom stereocenters. The number of hydrogen-bond donors (Lipinski definition) is 1. The van der Waals surface area contributed by atoms with E-state index in [1.807, 2.05) is 30.3 Å². The Bertz CT molecular complexity index is 323. The summed E-state index contributed by atoms with van der Waals surface area (Å²) >= 11 is 0. The summed E-state index contributed by atoms with van der Waals surface area (Å²) in [6.07, 6.45) is -0.510. The number of nitrogens with zero attached hydrogens (tertiary/aromatic N) is 2. The fourth-order valence-electron chi connectivity index (χ4n) is 1.91. The maximum atomic E-state index is 10.0. The van der Waals surface area contributed by atoms with Crippen molar-refractivity contribution >= 4 is 0 Å². The second kappa shape index (κ2) is 6.00. The average molecular weight is 236 g/mol. The monoisotopic (exact) mass is 236 g/mol. The SMILES string of the molecule is CN1CCN(C(O)COc2ccccc2)CC1. The number of likely N-dealkylation sites (N-methyl/N-ethyl adjacent to an activating group) is 1. The predicted octanol–water partition coefficient (Wildman–Crippen LogP) is 0.631. The van der Waals surface area contributed by atoms with Gasteiger partial charge in [0.25, 0.3) is 0 Å². The van der Waals surface area contributed by atoms with Crippen molar-refractivity contribution in [2.75, 3.05) is 39.8 Å². The minimum Gasteiger partial charge on any atom is -0.489 e. The van der Waals surface area contributed by atoms with Crippen LogP contribution in [0.5, 0.6) is 5.75 Å². The van der Waals surface area contributed by atoms with Crippen LogP contribution in [0.4, 0.5) is 0 Å². The van der Waals surface area contributed by atoms with E-state index < -0.39 is 6.23 Å². The van der Waals surface area contributed by atoms with Crippen molar-refractivity contribution < 1.29 is 9.84 Å². The Balaban J connectivity index is 1.75. The van der Waals surface area contributed by atoms with Crippen LogP contribution in [-0.4, -0.2) is 61.0 Å². The van der Waals surface area contributed by atoms with Gasteiger partial charge in [-0.15, -0.1) is 0 Å². The average Bonchev–Trinajstić information content (AvgIpc) is 2.38. The zero-order valence-corrected chi connectivity index (χ0v) is 10.2. The lowest BCUT2D eigenvalue weighted by Gasteiger charge is -2.35. The first-order chi connectivity index (χ1) is 8.25. The smallest absolute Gasteiger partial charge is 0.141 e. The lowest BCUT2D eigenvalue weighted by atomic mass is 10.3. The van der Waals surface area contributed by atoms with Gasteiger partial charge in [0.1, 0.15) is 18.6 Å². The van der Waals surface area contributed by atoms with Gasteiger partial charge in [0, 0.05) is 26.2 Å². The molecule has 0 aromatic heterocycles. The highest BCUT2D eigenvalue weighted by Crippen LogP contribution is 2.10. The van der Waals surface area contributed by atoms with Gasteiger partial charge in [-0.2, -0.15) is 0 Å². The predicted molar refractivity (Wildman–Crippen MR) is 67.0 cm³/mol. The first-order valence-electron chi connectivity index (χ1n) is 6.04. The van der Waals surface area contributed by atoms with Crippen LogP contribution in [0, 0.1) is 0 Å². The van der Waals surface area contributed by atoms with Crippen molar-refractivity contribution in [2.45, 2.75) is 6.23 Å². The first-order valence-corrected chi connectivity index (χ1v) is 6.04. The lowest BCUT2D eigenvalue weighted by Crippen LogP contribution is -2.50. The summed E-state index contributed by atoms with van der Waals surface area (Å²) in [5.41, 5.74) is 0. The molecule has 1 saturated heterocycles. The van der Waals surface area contributed by atoms with Crippen LogP contribution < -0.4 is 4.74 Å². The summed E-state index contributed by atoms with van der Waals surface area (Å²) in [6.45, 7) is 4.13. The quantitative estimate of drug-likeness (QED) is 0.832. The number of rotatable bonds is 4. The van der Waals surface area contributed by atoms with Gasteiger partial charge in [-0.3, -0.25) is 4.90 Å². The second-order valence-electron chi connectivity index (χ2n) is 4.44. The lowest BCUT2D eigenvalue weighted by molar-refractivity contribution is -0.0463. The van der Waals surface area contributed by atoms with E-state index in [0.717, 1.165) is 31.9 Å². The van der Waals surface area contributed by atoms with Gasteiger partial charge >= 0.3 is 0 Å². The summed E-state index contributed by atoms with van der Waals surface area (Å²) in [6, 6.07) is 9.60. The molecule has 1 unspecified atom stereocenters. The van der Waals surface area contributed by atoms with Crippen molar-refractivity contribution in [3.05, 3.63) is 30.3 Å². The highest BCUT2D eigenvalue weighted by atomic mass is 16.5. The largest absolute Gasteiger partial charge is 0.489 e. The standard InChI is InChI=1S/C13H20N2O2/c1-14-7-9-15(10-8-14)13(16)11-17-12-5-3-2-4-6-12/h2-6,13,16H,7-11H2,1H3. The number of hydrogen-bond acceptors (Lipinski definition) is 4. The van der Waals surface area contributed by atoms with E-state index in [-0.39, 0.29) is 0 Å². The molecule has 0 bridgehead atoms. The molecule has 0 radical (unpaired) electrons. The number of aliphatic hydroxyl groups excluding tert-OH is 1. The normalized spacial score (nSPS) is 20.1. The maximum Gasteiger partial charge on any atom is 0.141 e. The molecule has 2 rings (SSSR count). The Labute approximate surface area is 102 Å². The third-order valence-electron chi connectivity index (χ3n) is 3.10. The topological polar surface area (TPSA) is 35.9 Å². The molecule has 0 aliphatic carbocycles. The molecule has 1 heterocycles. The van der Waals surface area contributed by atoms with Crippen molar-refractivity contribution in [1.29, 1.82) is 0 Å². The second-order valence-corrected chi connectivity index (χ2v) is 4.44. The van der Waals surface area contributed by atoms with E-state index in [9.17, 15) is 5.11 Å². The minimum atomic E-state index is -0.510. The summed E-state index contributed by atoms with van der Waals surface area (Å²) in [5.74, 6) is 0.806. The summed E-state index contributed by atoms with van der Waals surface area (Å²) in [5, 5.41) is 10.0. The maximum absolute atomic E-state index is 10.0. The molecule has 4 heteroatoms. The van der Waals surface area contributed by atoms with Crippen molar-refractivity contribution in [3.8, 4) is 5.75 Å². The van der Waals surface area contributed by atoms with Crippen LogP contribution in [0.1, 0.15) is 0 Å². The Morgan fingerprint density at radius 3 is 2.47 bits per heavy atom. The van der Waals surface area contributed by atoms with Crippen LogP contribution in [-0.2, 0) is 0 Å². The van der Waals surface area contributed by atoms with Gasteiger partial charge < -0.3 is 14.7 Å². The van der Waals surface area contributed by atoms with E-state index >= 15 is 0 Å². The van der Waals surface area contributed by atoms with Crippen molar-refractivity contribution in [3.63, 3.8) is 0 Å². The van der Waals surface area contributed by atoms with Gasteiger partial charge in [0.2, 0.25) is 0 Å². The first kappa shape index (κ1) is 12.4. The fourth-order valence-corrected chi connectivity index (χ4v) is 1.91. The molecular formula is C13H20N2O2. The molecule has 1 fully saturated rings. The van der Waals surface area contributed by atoms with E-state index in [0.29, 0.717) is 6.61 Å². The molecule has 1 aromatic rings. The summed E-state index contributed by atoms with van der Waals surface area (Å²) in [4.78, 5) is 4.32. The third kappa shape index (κ3) is 3.70. The molecule has 0 amide bonds. The van der Waals surface area contributed by atoms with Gasteiger partial charge in [-0.25, -0.2) is 0 Å². The molecule has 17 heavy (non-hydrogen) atoms. The zero-order chi connectivity index (χ0) is 12.1. The molecule has 1 aliphatic heterocycles. The third-order valence-corrected chi connectivity index (χ3v) is 3.10. The highest BCUT2D eigenvalue weighted by Gasteiger charge is 2.20. The van der Waals surface area contributed by atoms with Crippen LogP contribution >= 0.6 is 0 Å². The molecule has 0 saturated carbocycles. The zero-order valence-electron chi connectivity index (χ0n) is 10.2. The molecular weight excluding hydrogens is 216 g/mol. The van der Waals surface area contributed by atoms with Gasteiger partial charge in [-0.1, -0.05) is 18.2 Å². The number of para-hydroxylation sites is 1. The number of ether oxygens (including phenoxy) is 1. The molecule has 0 spiro atoms. The number of aliphatic hydroxyl groups is 1. The molecule has 4 nitrogen and oxygen atoms in total. The molecule has 1 N–H and O–H groups in total. The Morgan fingerprint density at radius 1 is 1.18 bits per heavy atom. The number of piperazine rings is 1. The highest BCUT2D eigenvalue weighted by molar-refractivity contribution is 5.20. The van der Waals surface area contributed by atoms with Crippen LogP contribution in [0.3, 0.4) is 0 Å². The van der Waals surface area contributed by atoms with E-state index in [1.54, 1.807) is 0 Å². The van der Waals surface area contributed by atoms with Crippen LogP contribution in [0.2, 0.25) is 0 Å². The minimum absolute atomic E-state index is 0.327. The van der Waals surface area contributed by atoms with Gasteiger partial charge in [0.15, 0.2) is 0 Å². The fraction of sp³-hybridized carbons (Fsp3) is 0.538. The Kier molecular flexibility index (Phi) is 4.36. The van der Waals surface area contributed by atoms with Crippen LogP contribution in [0.15, 0.2) is 30.3 Å². The molecule has 1 aromatic carbocycles. The summed E-state index contributed by atoms with van der Waals surface area (Å²) < 4.78 is 5.54. The summed E-state index contributed by atoms with van der Waals surface area (Å²) in [7, 11) is 2.10. The molecule has 1 aliphatic rings.